The Hall–Kier alpha value is -1.73. The van der Waals surface area contributed by atoms with E-state index in [9.17, 15) is 4.79 Å². The lowest BCUT2D eigenvalue weighted by molar-refractivity contribution is -0.123. The molecule has 28 heavy (non-hydrogen) atoms. The van der Waals surface area contributed by atoms with Gasteiger partial charge in [-0.2, -0.15) is 0 Å². The summed E-state index contributed by atoms with van der Waals surface area (Å²) in [5.41, 5.74) is 1.24. The minimum absolute atomic E-state index is 0.0984. The number of morpholine rings is 1. The van der Waals surface area contributed by atoms with Gasteiger partial charge in [-0.05, 0) is 30.4 Å². The number of ether oxygens (including phenoxy) is 1. The van der Waals surface area contributed by atoms with Gasteiger partial charge in [-0.25, -0.2) is 0 Å². The summed E-state index contributed by atoms with van der Waals surface area (Å²) in [6.07, 6.45) is 0.894. The number of carbonyl (C=O) groups excluding carboxylic acids is 1. The summed E-state index contributed by atoms with van der Waals surface area (Å²) in [5.74, 6) is 0.0984. The van der Waals surface area contributed by atoms with E-state index in [-0.39, 0.29) is 5.91 Å². The number of nitrogens with zero attached hydrogens (tertiary/aromatic N) is 2. The maximum absolute atomic E-state index is 12.6. The van der Waals surface area contributed by atoms with Gasteiger partial charge in [0.15, 0.2) is 0 Å². The third-order valence-electron chi connectivity index (χ3n) is 5.10. The van der Waals surface area contributed by atoms with Gasteiger partial charge >= 0.3 is 0 Å². The van der Waals surface area contributed by atoms with E-state index in [0.29, 0.717) is 19.1 Å². The minimum Gasteiger partial charge on any atom is -0.379 e. The highest BCUT2D eigenvalue weighted by molar-refractivity contribution is 7.09. The molecule has 0 spiro atoms. The van der Waals surface area contributed by atoms with Crippen LogP contribution in [0.3, 0.4) is 0 Å². The Kier molecular flexibility index (Phi) is 8.48. The van der Waals surface area contributed by atoms with E-state index >= 15 is 0 Å². The van der Waals surface area contributed by atoms with Crippen LogP contribution in [0.4, 0.5) is 0 Å². The van der Waals surface area contributed by atoms with E-state index in [4.69, 9.17) is 4.74 Å². The maximum Gasteiger partial charge on any atom is 0.234 e. The zero-order valence-corrected chi connectivity index (χ0v) is 17.5. The van der Waals surface area contributed by atoms with Crippen LogP contribution in [-0.2, 0) is 22.5 Å². The number of amides is 1. The van der Waals surface area contributed by atoms with Crippen LogP contribution in [0.2, 0.25) is 0 Å². The molecule has 2 heterocycles. The Morgan fingerprint density at radius 3 is 2.71 bits per heavy atom. The molecule has 1 fully saturated rings. The number of hydrogen-bond donors (Lipinski definition) is 1. The summed E-state index contributed by atoms with van der Waals surface area (Å²) in [5, 5.41) is 5.16. The van der Waals surface area contributed by atoms with Crippen molar-refractivity contribution in [2.24, 2.45) is 0 Å². The van der Waals surface area contributed by atoms with Gasteiger partial charge in [-0.1, -0.05) is 36.4 Å². The average Bonchev–Trinajstić information content (AvgIpc) is 3.22. The van der Waals surface area contributed by atoms with Crippen LogP contribution in [0.15, 0.2) is 47.8 Å². The van der Waals surface area contributed by atoms with Crippen LogP contribution in [0.5, 0.6) is 0 Å². The highest BCUT2D eigenvalue weighted by Gasteiger charge is 2.21. The number of nitrogens with one attached hydrogen (secondary N) is 1. The molecule has 152 valence electrons. The van der Waals surface area contributed by atoms with Crippen molar-refractivity contribution in [1.29, 1.82) is 0 Å². The lowest BCUT2D eigenvalue weighted by Crippen LogP contribution is -2.48. The van der Waals surface area contributed by atoms with Gasteiger partial charge in [-0.15, -0.1) is 11.3 Å². The molecule has 1 aliphatic rings. The van der Waals surface area contributed by atoms with E-state index in [1.165, 1.54) is 10.4 Å². The van der Waals surface area contributed by atoms with E-state index in [0.717, 1.165) is 45.8 Å². The molecule has 1 saturated heterocycles. The van der Waals surface area contributed by atoms with E-state index in [2.05, 4.69) is 63.8 Å². The first kappa shape index (κ1) is 21.0. The summed E-state index contributed by atoms with van der Waals surface area (Å²) in [6.45, 7) is 8.61. The normalized spacial score (nSPS) is 16.2. The SMILES string of the molecule is CC(CN1CCOCC1)N(CC(=O)NCCc1cccs1)Cc1ccccc1. The van der Waals surface area contributed by atoms with Crippen molar-refractivity contribution in [2.75, 3.05) is 45.9 Å². The standard InChI is InChI=1S/C22H31N3O2S/c1-19(16-24-11-13-27-14-12-24)25(17-20-6-3-2-4-7-20)18-22(26)23-10-9-21-8-5-15-28-21/h2-8,15,19H,9-14,16-18H2,1H3,(H,23,26). The van der Waals surface area contributed by atoms with Crippen molar-refractivity contribution in [1.82, 2.24) is 15.1 Å². The van der Waals surface area contributed by atoms with E-state index in [1.54, 1.807) is 11.3 Å². The van der Waals surface area contributed by atoms with Gasteiger partial charge in [0, 0.05) is 43.6 Å². The van der Waals surface area contributed by atoms with Crippen LogP contribution in [0.1, 0.15) is 17.4 Å². The van der Waals surface area contributed by atoms with Gasteiger partial charge in [0.25, 0.3) is 0 Å². The first-order valence-corrected chi connectivity index (χ1v) is 11.0. The Balaban J connectivity index is 1.53. The fourth-order valence-corrected chi connectivity index (χ4v) is 4.19. The molecule has 1 aromatic carbocycles. The predicted molar refractivity (Wildman–Crippen MR) is 115 cm³/mol. The highest BCUT2D eigenvalue weighted by Crippen LogP contribution is 2.11. The van der Waals surface area contributed by atoms with Crippen LogP contribution in [0, 0.1) is 0 Å². The first-order valence-electron chi connectivity index (χ1n) is 10.1. The monoisotopic (exact) mass is 401 g/mol. The quantitative estimate of drug-likeness (QED) is 0.665. The van der Waals surface area contributed by atoms with Crippen LogP contribution < -0.4 is 5.32 Å². The summed E-state index contributed by atoms with van der Waals surface area (Å²) in [7, 11) is 0. The number of hydrogen-bond acceptors (Lipinski definition) is 5. The third kappa shape index (κ3) is 7.02. The summed E-state index contributed by atoms with van der Waals surface area (Å²) >= 11 is 1.74. The largest absolute Gasteiger partial charge is 0.379 e. The zero-order chi connectivity index (χ0) is 19.6. The third-order valence-corrected chi connectivity index (χ3v) is 6.03. The minimum atomic E-state index is 0.0984. The molecule has 1 N–H and O–H groups in total. The molecule has 0 bridgehead atoms. The van der Waals surface area contributed by atoms with Crippen molar-refractivity contribution in [3.05, 3.63) is 58.3 Å². The molecule has 1 aliphatic heterocycles. The number of rotatable bonds is 10. The fourth-order valence-electron chi connectivity index (χ4n) is 3.48. The van der Waals surface area contributed by atoms with Crippen molar-refractivity contribution in [3.63, 3.8) is 0 Å². The number of benzene rings is 1. The molecular weight excluding hydrogens is 370 g/mol. The molecule has 0 radical (unpaired) electrons. The Labute approximate surface area is 172 Å². The molecule has 3 rings (SSSR count). The predicted octanol–water partition coefficient (Wildman–Crippen LogP) is 2.63. The average molecular weight is 402 g/mol. The molecule has 0 aliphatic carbocycles. The lowest BCUT2D eigenvalue weighted by Gasteiger charge is -2.34. The fraction of sp³-hybridized carbons (Fsp3) is 0.500. The van der Waals surface area contributed by atoms with E-state index < -0.39 is 0 Å². The molecule has 1 atom stereocenters. The lowest BCUT2D eigenvalue weighted by atomic mass is 10.1. The van der Waals surface area contributed by atoms with Crippen LogP contribution in [0.25, 0.3) is 0 Å². The molecule has 2 aromatic rings. The number of thiophene rings is 1. The van der Waals surface area contributed by atoms with Gasteiger partial charge in [-0.3, -0.25) is 14.6 Å². The Morgan fingerprint density at radius 1 is 1.21 bits per heavy atom. The first-order chi connectivity index (χ1) is 13.7. The van der Waals surface area contributed by atoms with Gasteiger partial charge < -0.3 is 10.1 Å². The second kappa shape index (κ2) is 11.3. The molecule has 1 unspecified atom stereocenters. The van der Waals surface area contributed by atoms with Crippen molar-refractivity contribution >= 4 is 17.2 Å². The van der Waals surface area contributed by atoms with Crippen LogP contribution >= 0.6 is 11.3 Å². The van der Waals surface area contributed by atoms with Gasteiger partial charge in [0.1, 0.15) is 0 Å². The Bertz CT molecular complexity index is 687. The molecular formula is C22H31N3O2S. The highest BCUT2D eigenvalue weighted by atomic mass is 32.1. The van der Waals surface area contributed by atoms with Crippen molar-refractivity contribution in [3.8, 4) is 0 Å². The molecule has 6 heteroatoms. The molecule has 0 saturated carbocycles. The number of carbonyl (C=O) groups is 1. The molecule has 5 nitrogen and oxygen atoms in total. The van der Waals surface area contributed by atoms with E-state index in [1.807, 2.05) is 6.07 Å². The van der Waals surface area contributed by atoms with Gasteiger partial charge in [0.05, 0.1) is 19.8 Å². The second-order valence-corrected chi connectivity index (χ2v) is 8.36. The summed E-state index contributed by atoms with van der Waals surface area (Å²) in [4.78, 5) is 18.6. The van der Waals surface area contributed by atoms with Crippen molar-refractivity contribution in [2.45, 2.75) is 25.9 Å². The molecule has 1 amide bonds. The Morgan fingerprint density at radius 2 is 2.00 bits per heavy atom. The zero-order valence-electron chi connectivity index (χ0n) is 16.7. The summed E-state index contributed by atoms with van der Waals surface area (Å²) < 4.78 is 5.46. The van der Waals surface area contributed by atoms with Crippen molar-refractivity contribution < 1.29 is 9.53 Å². The van der Waals surface area contributed by atoms with Crippen LogP contribution in [-0.4, -0.2) is 67.7 Å². The molecule has 1 aromatic heterocycles. The smallest absolute Gasteiger partial charge is 0.234 e. The topological polar surface area (TPSA) is 44.8 Å². The second-order valence-electron chi connectivity index (χ2n) is 7.33. The summed E-state index contributed by atoms with van der Waals surface area (Å²) in [6, 6.07) is 14.9. The maximum atomic E-state index is 12.6. The van der Waals surface area contributed by atoms with Gasteiger partial charge in [0.2, 0.25) is 5.91 Å².